The van der Waals surface area contributed by atoms with Gasteiger partial charge in [-0.2, -0.15) is 0 Å². The third-order valence-electron chi connectivity index (χ3n) is 1.55. The first-order chi connectivity index (χ1) is 6.66. The number of hydrogen-bond acceptors (Lipinski definition) is 2. The zero-order valence-electron chi connectivity index (χ0n) is 8.73. The van der Waals surface area contributed by atoms with Gasteiger partial charge in [0.2, 0.25) is 0 Å². The highest BCUT2D eigenvalue weighted by Gasteiger charge is 1.93. The Morgan fingerprint density at radius 1 is 1.50 bits per heavy atom. The molecule has 14 heavy (non-hydrogen) atoms. The summed E-state index contributed by atoms with van der Waals surface area (Å²) in [5.74, 6) is -0.763. The van der Waals surface area contributed by atoms with Crippen molar-refractivity contribution in [2.45, 2.75) is 26.7 Å². The second kappa shape index (κ2) is 8.23. The van der Waals surface area contributed by atoms with E-state index < -0.39 is 5.97 Å². The van der Waals surface area contributed by atoms with E-state index in [4.69, 9.17) is 5.11 Å². The lowest BCUT2D eigenvalue weighted by atomic mass is 10.2. The van der Waals surface area contributed by atoms with E-state index in [1.807, 2.05) is 32.1 Å². The van der Waals surface area contributed by atoms with Gasteiger partial charge in [0.05, 0.1) is 0 Å². The van der Waals surface area contributed by atoms with Crippen LogP contribution in [0, 0.1) is 0 Å². The molecule has 0 heterocycles. The number of rotatable bonds is 6. The van der Waals surface area contributed by atoms with Crippen LogP contribution in [0.1, 0.15) is 26.7 Å². The number of carboxylic acid groups (broad SMARTS) is 1. The summed E-state index contributed by atoms with van der Waals surface area (Å²) in [6.07, 6.45) is 8.36. The van der Waals surface area contributed by atoms with E-state index in [9.17, 15) is 4.79 Å². The first-order valence-corrected chi connectivity index (χ1v) is 4.68. The van der Waals surface area contributed by atoms with E-state index >= 15 is 0 Å². The van der Waals surface area contributed by atoms with Crippen molar-refractivity contribution in [2.24, 2.45) is 4.99 Å². The van der Waals surface area contributed by atoms with Gasteiger partial charge in [-0.15, -0.1) is 0 Å². The number of aliphatic imine (C=N–C) groups is 1. The number of carbonyl (C=O) groups is 1. The van der Waals surface area contributed by atoms with Crippen molar-refractivity contribution in [3.63, 3.8) is 0 Å². The van der Waals surface area contributed by atoms with Crippen LogP contribution in [0.15, 0.2) is 28.8 Å². The molecule has 0 saturated carbocycles. The van der Waals surface area contributed by atoms with E-state index in [1.54, 1.807) is 6.21 Å². The monoisotopic (exact) mass is 195 g/mol. The zero-order valence-corrected chi connectivity index (χ0v) is 8.73. The predicted octanol–water partition coefficient (Wildman–Crippen LogP) is 2.44. The Hall–Kier alpha value is -1.38. The van der Waals surface area contributed by atoms with Crippen molar-refractivity contribution in [3.05, 3.63) is 23.8 Å². The molecule has 3 heteroatoms. The van der Waals surface area contributed by atoms with Crippen LogP contribution in [0.4, 0.5) is 0 Å². The maximum absolute atomic E-state index is 10.2. The fourth-order valence-electron chi connectivity index (χ4n) is 0.885. The molecule has 1 N–H and O–H groups in total. The number of carboxylic acids is 1. The standard InChI is InChI=1S/C11H17NO2/c1-3-5-10(2)7-9-12-8-4-6-11(13)14/h3,5,7,9H,4,6,8H2,1-2H3,(H,13,14)/b5-3-,10-7-,12-9+. The number of allylic oxidation sites excluding steroid dienone is 4. The van der Waals surface area contributed by atoms with Crippen molar-refractivity contribution in [1.82, 2.24) is 0 Å². The largest absolute Gasteiger partial charge is 0.481 e. The second-order valence-corrected chi connectivity index (χ2v) is 2.96. The molecule has 78 valence electrons. The summed E-state index contributed by atoms with van der Waals surface area (Å²) in [7, 11) is 0. The van der Waals surface area contributed by atoms with E-state index in [-0.39, 0.29) is 6.42 Å². The maximum atomic E-state index is 10.2. The highest BCUT2D eigenvalue weighted by molar-refractivity contribution is 5.72. The van der Waals surface area contributed by atoms with Gasteiger partial charge in [0, 0.05) is 19.2 Å². The van der Waals surface area contributed by atoms with Gasteiger partial charge >= 0.3 is 5.97 Å². The Kier molecular flexibility index (Phi) is 7.42. The highest BCUT2D eigenvalue weighted by atomic mass is 16.4. The fourth-order valence-corrected chi connectivity index (χ4v) is 0.885. The number of aliphatic carboxylic acids is 1. The van der Waals surface area contributed by atoms with Crippen LogP contribution >= 0.6 is 0 Å². The molecule has 0 atom stereocenters. The smallest absolute Gasteiger partial charge is 0.303 e. The van der Waals surface area contributed by atoms with Gasteiger partial charge in [0.1, 0.15) is 0 Å². The van der Waals surface area contributed by atoms with Crippen LogP contribution in [-0.4, -0.2) is 23.8 Å². The Bertz CT molecular complexity index is 252. The molecule has 0 aromatic carbocycles. The molecule has 0 aliphatic heterocycles. The highest BCUT2D eigenvalue weighted by Crippen LogP contribution is 1.93. The van der Waals surface area contributed by atoms with Gasteiger partial charge in [-0.25, -0.2) is 0 Å². The molecule has 0 fully saturated rings. The lowest BCUT2D eigenvalue weighted by Gasteiger charge is -1.90. The second-order valence-electron chi connectivity index (χ2n) is 2.96. The summed E-state index contributed by atoms with van der Waals surface area (Å²) in [6.45, 7) is 4.52. The normalized spacial score (nSPS) is 12.9. The molecule has 0 amide bonds. The van der Waals surface area contributed by atoms with E-state index in [2.05, 4.69) is 4.99 Å². The summed E-state index contributed by atoms with van der Waals surface area (Å²) < 4.78 is 0. The topological polar surface area (TPSA) is 49.7 Å². The summed E-state index contributed by atoms with van der Waals surface area (Å²) in [5, 5.41) is 8.36. The van der Waals surface area contributed by atoms with Crippen molar-refractivity contribution < 1.29 is 9.90 Å². The first kappa shape index (κ1) is 12.6. The molecule has 0 radical (unpaired) electrons. The van der Waals surface area contributed by atoms with Gasteiger partial charge < -0.3 is 5.11 Å². The van der Waals surface area contributed by atoms with E-state index in [0.29, 0.717) is 13.0 Å². The summed E-state index contributed by atoms with van der Waals surface area (Å²) >= 11 is 0. The number of hydrogen-bond donors (Lipinski definition) is 1. The minimum absolute atomic E-state index is 0.189. The fraction of sp³-hybridized carbons (Fsp3) is 0.455. The third kappa shape index (κ3) is 8.71. The number of nitrogens with zero attached hydrogens (tertiary/aromatic N) is 1. The molecular formula is C11H17NO2. The maximum Gasteiger partial charge on any atom is 0.303 e. The average molecular weight is 195 g/mol. The van der Waals surface area contributed by atoms with Crippen LogP contribution in [0.3, 0.4) is 0 Å². The summed E-state index contributed by atoms with van der Waals surface area (Å²) in [5.41, 5.74) is 1.13. The molecule has 0 aliphatic rings. The van der Waals surface area contributed by atoms with Crippen molar-refractivity contribution in [1.29, 1.82) is 0 Å². The van der Waals surface area contributed by atoms with E-state index in [0.717, 1.165) is 5.57 Å². The molecule has 0 unspecified atom stereocenters. The summed E-state index contributed by atoms with van der Waals surface area (Å²) in [4.78, 5) is 14.2. The van der Waals surface area contributed by atoms with Gasteiger partial charge in [-0.1, -0.05) is 12.2 Å². The average Bonchev–Trinajstić information content (AvgIpc) is 2.11. The minimum Gasteiger partial charge on any atom is -0.481 e. The molecule has 3 nitrogen and oxygen atoms in total. The van der Waals surface area contributed by atoms with Gasteiger partial charge in [-0.05, 0) is 31.9 Å². The SMILES string of the molecule is C\C=C/C(C)=C\C=N\CCCC(=O)O. The molecule has 0 aromatic rings. The van der Waals surface area contributed by atoms with Gasteiger partial charge in [0.25, 0.3) is 0 Å². The Labute approximate surface area is 84.9 Å². The van der Waals surface area contributed by atoms with Crippen LogP contribution in [0.25, 0.3) is 0 Å². The Morgan fingerprint density at radius 3 is 2.79 bits per heavy atom. The minimum atomic E-state index is -0.763. The lowest BCUT2D eigenvalue weighted by molar-refractivity contribution is -0.137. The van der Waals surface area contributed by atoms with Crippen molar-refractivity contribution in [2.75, 3.05) is 6.54 Å². The van der Waals surface area contributed by atoms with Gasteiger partial charge in [0.15, 0.2) is 0 Å². The van der Waals surface area contributed by atoms with Crippen molar-refractivity contribution in [3.8, 4) is 0 Å². The molecule has 0 rings (SSSR count). The zero-order chi connectivity index (χ0) is 10.8. The van der Waals surface area contributed by atoms with Crippen LogP contribution < -0.4 is 0 Å². The van der Waals surface area contributed by atoms with Crippen LogP contribution in [0.5, 0.6) is 0 Å². The van der Waals surface area contributed by atoms with Crippen LogP contribution in [0.2, 0.25) is 0 Å². The molecule has 0 aromatic heterocycles. The third-order valence-corrected chi connectivity index (χ3v) is 1.55. The molecule has 0 spiro atoms. The lowest BCUT2D eigenvalue weighted by Crippen LogP contribution is -1.95. The molecular weight excluding hydrogens is 178 g/mol. The summed E-state index contributed by atoms with van der Waals surface area (Å²) in [6, 6.07) is 0. The first-order valence-electron chi connectivity index (χ1n) is 4.68. The Morgan fingerprint density at radius 2 is 2.21 bits per heavy atom. The predicted molar refractivity (Wildman–Crippen MR) is 58.8 cm³/mol. The molecule has 0 saturated heterocycles. The van der Waals surface area contributed by atoms with Gasteiger partial charge in [-0.3, -0.25) is 9.79 Å². The molecule has 0 aliphatic carbocycles. The molecule has 0 bridgehead atoms. The van der Waals surface area contributed by atoms with Crippen LogP contribution in [-0.2, 0) is 4.79 Å². The van der Waals surface area contributed by atoms with Crippen molar-refractivity contribution >= 4 is 12.2 Å². The van der Waals surface area contributed by atoms with E-state index in [1.165, 1.54) is 0 Å². The Balaban J connectivity index is 3.63. The quantitative estimate of drug-likeness (QED) is 0.402.